The van der Waals surface area contributed by atoms with E-state index in [0.717, 1.165) is 18.5 Å². The molecule has 2 aromatic rings. The van der Waals surface area contributed by atoms with Crippen LogP contribution in [0.1, 0.15) is 28.9 Å². The number of methoxy groups -OCH3 is 3. The number of nitrogens with zero attached hydrogens (tertiary/aromatic N) is 3. The summed E-state index contributed by atoms with van der Waals surface area (Å²) in [7, 11) is 4.59. The van der Waals surface area contributed by atoms with Gasteiger partial charge < -0.3 is 23.8 Å². The molecule has 8 heteroatoms. The Kier molecular flexibility index (Phi) is 6.18. The molecule has 28 heavy (non-hydrogen) atoms. The second-order valence-corrected chi connectivity index (χ2v) is 6.54. The van der Waals surface area contributed by atoms with Gasteiger partial charge in [0.2, 0.25) is 11.6 Å². The molecule has 1 aromatic heterocycles. The van der Waals surface area contributed by atoms with Gasteiger partial charge in [-0.15, -0.1) is 5.10 Å². The highest BCUT2D eigenvalue weighted by Crippen LogP contribution is 2.38. The van der Waals surface area contributed by atoms with Crippen molar-refractivity contribution >= 4 is 5.91 Å². The van der Waals surface area contributed by atoms with Crippen molar-refractivity contribution in [1.29, 1.82) is 0 Å². The Morgan fingerprint density at radius 1 is 1.00 bits per heavy atom. The molecule has 1 aliphatic heterocycles. The van der Waals surface area contributed by atoms with Crippen molar-refractivity contribution < 1.29 is 23.7 Å². The van der Waals surface area contributed by atoms with E-state index in [1.807, 2.05) is 19.1 Å². The number of likely N-dealkylation sites (tertiary alicyclic amines) is 1. The SMILES string of the molecule is COc1cc(C(=O)N2CCC(Oc3ccc(C)nn3)CC2)cc(OC)c1OC. The molecule has 1 amide bonds. The molecule has 0 spiro atoms. The molecule has 1 saturated heterocycles. The van der Waals surface area contributed by atoms with Crippen molar-refractivity contribution in [1.82, 2.24) is 15.1 Å². The van der Waals surface area contributed by atoms with Gasteiger partial charge in [-0.25, -0.2) is 0 Å². The third-order valence-electron chi connectivity index (χ3n) is 4.70. The number of piperidine rings is 1. The van der Waals surface area contributed by atoms with Crippen LogP contribution in [0.5, 0.6) is 23.1 Å². The highest BCUT2D eigenvalue weighted by molar-refractivity contribution is 5.95. The largest absolute Gasteiger partial charge is 0.493 e. The van der Waals surface area contributed by atoms with E-state index in [9.17, 15) is 4.79 Å². The molecule has 0 radical (unpaired) electrons. The van der Waals surface area contributed by atoms with Crippen molar-refractivity contribution in [2.75, 3.05) is 34.4 Å². The van der Waals surface area contributed by atoms with E-state index in [1.165, 1.54) is 21.3 Å². The first kappa shape index (κ1) is 19.7. The van der Waals surface area contributed by atoms with Crippen LogP contribution >= 0.6 is 0 Å². The van der Waals surface area contributed by atoms with Gasteiger partial charge in [-0.05, 0) is 25.1 Å². The number of carbonyl (C=O) groups excluding carboxylic acids is 1. The van der Waals surface area contributed by atoms with Gasteiger partial charge in [0.05, 0.1) is 27.0 Å². The molecule has 3 rings (SSSR count). The van der Waals surface area contributed by atoms with Crippen LogP contribution in [0.2, 0.25) is 0 Å². The summed E-state index contributed by atoms with van der Waals surface area (Å²) in [6, 6.07) is 7.03. The summed E-state index contributed by atoms with van der Waals surface area (Å²) in [6.45, 7) is 3.07. The monoisotopic (exact) mass is 387 g/mol. The normalized spacial score (nSPS) is 14.5. The quantitative estimate of drug-likeness (QED) is 0.753. The maximum atomic E-state index is 12.9. The molecule has 0 bridgehead atoms. The van der Waals surface area contributed by atoms with E-state index in [4.69, 9.17) is 18.9 Å². The first-order valence-corrected chi connectivity index (χ1v) is 9.12. The van der Waals surface area contributed by atoms with Gasteiger partial charge in [-0.2, -0.15) is 5.10 Å². The topological polar surface area (TPSA) is 83.0 Å². The number of amides is 1. The van der Waals surface area contributed by atoms with Crippen LogP contribution < -0.4 is 18.9 Å². The van der Waals surface area contributed by atoms with Crippen molar-refractivity contribution in [3.8, 4) is 23.1 Å². The lowest BCUT2D eigenvalue weighted by molar-refractivity contribution is 0.0585. The molecule has 150 valence electrons. The lowest BCUT2D eigenvalue weighted by Gasteiger charge is -2.32. The zero-order chi connectivity index (χ0) is 20.1. The zero-order valence-corrected chi connectivity index (χ0v) is 16.6. The summed E-state index contributed by atoms with van der Waals surface area (Å²) >= 11 is 0. The number of hydrogen-bond acceptors (Lipinski definition) is 7. The van der Waals surface area contributed by atoms with Crippen molar-refractivity contribution in [2.45, 2.75) is 25.9 Å². The van der Waals surface area contributed by atoms with E-state index in [2.05, 4.69) is 10.2 Å². The third kappa shape index (κ3) is 4.27. The van der Waals surface area contributed by atoms with Gasteiger partial charge >= 0.3 is 0 Å². The number of benzene rings is 1. The molecule has 1 aromatic carbocycles. The van der Waals surface area contributed by atoms with Gasteiger partial charge in [-0.1, -0.05) is 0 Å². The van der Waals surface area contributed by atoms with Gasteiger partial charge in [0, 0.05) is 37.6 Å². The lowest BCUT2D eigenvalue weighted by atomic mass is 10.1. The number of rotatable bonds is 6. The molecule has 8 nitrogen and oxygen atoms in total. The Balaban J connectivity index is 1.65. The highest BCUT2D eigenvalue weighted by Gasteiger charge is 2.26. The molecule has 0 N–H and O–H groups in total. The molecule has 0 unspecified atom stereocenters. The first-order chi connectivity index (χ1) is 13.5. The average Bonchev–Trinajstić information content (AvgIpc) is 2.74. The Morgan fingerprint density at radius 3 is 2.14 bits per heavy atom. The summed E-state index contributed by atoms with van der Waals surface area (Å²) in [5.74, 6) is 1.82. The summed E-state index contributed by atoms with van der Waals surface area (Å²) < 4.78 is 21.9. The number of carbonyl (C=O) groups is 1. The number of aryl methyl sites for hydroxylation is 1. The summed E-state index contributed by atoms with van der Waals surface area (Å²) in [5, 5.41) is 8.04. The van der Waals surface area contributed by atoms with Crippen LogP contribution in [-0.2, 0) is 0 Å². The van der Waals surface area contributed by atoms with Crippen LogP contribution in [0.4, 0.5) is 0 Å². The summed E-state index contributed by atoms with van der Waals surface area (Å²) in [5.41, 5.74) is 1.34. The molecular formula is C20H25N3O5. The van der Waals surface area contributed by atoms with E-state index in [-0.39, 0.29) is 12.0 Å². The fourth-order valence-corrected chi connectivity index (χ4v) is 3.18. The second kappa shape index (κ2) is 8.77. The van der Waals surface area contributed by atoms with Crippen LogP contribution in [0.25, 0.3) is 0 Å². The highest BCUT2D eigenvalue weighted by atomic mass is 16.5. The second-order valence-electron chi connectivity index (χ2n) is 6.54. The maximum Gasteiger partial charge on any atom is 0.254 e. The van der Waals surface area contributed by atoms with E-state index in [0.29, 0.717) is 41.8 Å². The Hall–Kier alpha value is -3.03. The minimum atomic E-state index is -0.0761. The number of ether oxygens (including phenoxy) is 4. The Labute approximate surface area is 164 Å². The van der Waals surface area contributed by atoms with Crippen LogP contribution in [0, 0.1) is 6.92 Å². The fourth-order valence-electron chi connectivity index (χ4n) is 3.18. The zero-order valence-electron chi connectivity index (χ0n) is 16.6. The van der Waals surface area contributed by atoms with Gasteiger partial charge in [0.25, 0.3) is 5.91 Å². The molecular weight excluding hydrogens is 362 g/mol. The summed E-state index contributed by atoms with van der Waals surface area (Å²) in [6.07, 6.45) is 1.47. The fraction of sp³-hybridized carbons (Fsp3) is 0.450. The molecule has 0 atom stereocenters. The van der Waals surface area contributed by atoms with Crippen molar-refractivity contribution in [2.24, 2.45) is 0 Å². The number of aromatic nitrogens is 2. The van der Waals surface area contributed by atoms with Crippen molar-refractivity contribution in [3.63, 3.8) is 0 Å². The minimum Gasteiger partial charge on any atom is -0.493 e. The maximum absolute atomic E-state index is 12.9. The smallest absolute Gasteiger partial charge is 0.254 e. The molecule has 1 fully saturated rings. The van der Waals surface area contributed by atoms with E-state index in [1.54, 1.807) is 17.0 Å². The number of hydrogen-bond donors (Lipinski definition) is 0. The lowest BCUT2D eigenvalue weighted by Crippen LogP contribution is -2.41. The minimum absolute atomic E-state index is 0.0148. The van der Waals surface area contributed by atoms with Crippen LogP contribution in [-0.4, -0.2) is 61.5 Å². The first-order valence-electron chi connectivity index (χ1n) is 9.12. The molecule has 0 saturated carbocycles. The third-order valence-corrected chi connectivity index (χ3v) is 4.70. The predicted molar refractivity (Wildman–Crippen MR) is 102 cm³/mol. The molecule has 1 aliphatic rings. The van der Waals surface area contributed by atoms with Gasteiger partial charge in [0.15, 0.2) is 11.5 Å². The molecule has 0 aliphatic carbocycles. The standard InChI is InChI=1S/C20H25N3O5/c1-13-5-6-18(22-21-13)28-15-7-9-23(10-8-15)20(24)14-11-16(25-2)19(27-4)17(12-14)26-3/h5-6,11-12,15H,7-10H2,1-4H3. The van der Waals surface area contributed by atoms with Crippen LogP contribution in [0.15, 0.2) is 24.3 Å². The van der Waals surface area contributed by atoms with E-state index >= 15 is 0 Å². The van der Waals surface area contributed by atoms with E-state index < -0.39 is 0 Å². The van der Waals surface area contributed by atoms with Crippen molar-refractivity contribution in [3.05, 3.63) is 35.5 Å². The van der Waals surface area contributed by atoms with Gasteiger partial charge in [0.1, 0.15) is 6.10 Å². The Bertz CT molecular complexity index is 792. The predicted octanol–water partition coefficient (Wildman–Crippen LogP) is 2.49. The van der Waals surface area contributed by atoms with Crippen LogP contribution in [0.3, 0.4) is 0 Å². The summed E-state index contributed by atoms with van der Waals surface area (Å²) in [4.78, 5) is 14.8. The molecule has 2 heterocycles. The average molecular weight is 387 g/mol. The van der Waals surface area contributed by atoms with Gasteiger partial charge in [-0.3, -0.25) is 4.79 Å². The Morgan fingerprint density at radius 2 is 1.64 bits per heavy atom.